The molecule has 1 aliphatic heterocycles. The molecule has 0 aliphatic carbocycles. The summed E-state index contributed by atoms with van der Waals surface area (Å²) in [6, 6.07) is 21.5. The van der Waals surface area contributed by atoms with Crippen LogP contribution in [0.1, 0.15) is 23.5 Å². The number of benzene rings is 2. The first kappa shape index (κ1) is 13.3. The quantitative estimate of drug-likeness (QED) is 0.893. The van der Waals surface area contributed by atoms with Crippen LogP contribution in [0.2, 0.25) is 0 Å². The highest BCUT2D eigenvalue weighted by Crippen LogP contribution is 2.32. The fourth-order valence-electron chi connectivity index (χ4n) is 3.24. The summed E-state index contributed by atoms with van der Waals surface area (Å²) < 4.78 is 0. The lowest BCUT2D eigenvalue weighted by atomic mass is 9.79. The molecule has 0 spiro atoms. The van der Waals surface area contributed by atoms with E-state index >= 15 is 0 Å². The number of nitrogens with two attached hydrogens (primary N) is 1. The van der Waals surface area contributed by atoms with Gasteiger partial charge in [0.15, 0.2) is 0 Å². The highest BCUT2D eigenvalue weighted by atomic mass is 14.9. The molecular formula is C18H22N2. The third-order valence-corrected chi connectivity index (χ3v) is 4.35. The largest absolute Gasteiger partial charge is 0.327 e. The van der Waals surface area contributed by atoms with Crippen molar-refractivity contribution in [3.63, 3.8) is 0 Å². The molecule has 2 aromatic rings. The summed E-state index contributed by atoms with van der Waals surface area (Å²) in [5.41, 5.74) is 9.28. The highest BCUT2D eigenvalue weighted by molar-refractivity contribution is 5.34. The van der Waals surface area contributed by atoms with E-state index in [1.165, 1.54) is 17.5 Å². The molecule has 1 saturated heterocycles. The lowest BCUT2D eigenvalue weighted by Crippen LogP contribution is -2.38. The molecule has 1 heterocycles. The Morgan fingerprint density at radius 2 is 1.45 bits per heavy atom. The molecule has 2 unspecified atom stereocenters. The normalized spacial score (nSPS) is 20.2. The van der Waals surface area contributed by atoms with Crippen LogP contribution in [0.25, 0.3) is 0 Å². The molecule has 20 heavy (non-hydrogen) atoms. The van der Waals surface area contributed by atoms with Crippen molar-refractivity contribution in [2.75, 3.05) is 13.1 Å². The summed E-state index contributed by atoms with van der Waals surface area (Å²) in [6.45, 7) is 2.13. The molecule has 1 fully saturated rings. The van der Waals surface area contributed by atoms with Crippen molar-refractivity contribution in [2.24, 2.45) is 11.7 Å². The van der Waals surface area contributed by atoms with Crippen LogP contribution >= 0.6 is 0 Å². The lowest BCUT2D eigenvalue weighted by molar-refractivity contribution is 0.418. The number of rotatable bonds is 4. The van der Waals surface area contributed by atoms with E-state index < -0.39 is 0 Å². The minimum atomic E-state index is 0.162. The van der Waals surface area contributed by atoms with Crippen LogP contribution in [-0.4, -0.2) is 19.1 Å². The zero-order valence-electron chi connectivity index (χ0n) is 11.7. The molecule has 1 aliphatic rings. The average Bonchev–Trinajstić information content (AvgIpc) is 3.04. The van der Waals surface area contributed by atoms with Gasteiger partial charge in [0.1, 0.15) is 0 Å². The number of hydrogen-bond acceptors (Lipinski definition) is 2. The molecule has 2 aromatic carbocycles. The zero-order valence-corrected chi connectivity index (χ0v) is 11.7. The lowest BCUT2D eigenvalue weighted by Gasteiger charge is -2.29. The van der Waals surface area contributed by atoms with Gasteiger partial charge in [-0.05, 0) is 36.6 Å². The van der Waals surface area contributed by atoms with Crippen molar-refractivity contribution in [1.82, 2.24) is 5.32 Å². The second kappa shape index (κ2) is 6.21. The Morgan fingerprint density at radius 3 is 1.90 bits per heavy atom. The maximum Gasteiger partial charge on any atom is 0.0244 e. The number of nitrogens with one attached hydrogen (secondary N) is 1. The van der Waals surface area contributed by atoms with Crippen LogP contribution < -0.4 is 11.1 Å². The number of hydrogen-bond donors (Lipinski definition) is 2. The third-order valence-electron chi connectivity index (χ3n) is 4.35. The first-order valence-corrected chi connectivity index (χ1v) is 7.42. The van der Waals surface area contributed by atoms with E-state index in [1.807, 2.05) is 0 Å². The predicted molar refractivity (Wildman–Crippen MR) is 83.7 cm³/mol. The molecule has 3 rings (SSSR count). The molecule has 0 bridgehead atoms. The topological polar surface area (TPSA) is 38.0 Å². The van der Waals surface area contributed by atoms with Gasteiger partial charge in [-0.2, -0.15) is 0 Å². The molecule has 0 amide bonds. The van der Waals surface area contributed by atoms with E-state index in [-0.39, 0.29) is 12.0 Å². The highest BCUT2D eigenvalue weighted by Gasteiger charge is 2.30. The first-order chi connectivity index (χ1) is 9.86. The van der Waals surface area contributed by atoms with Gasteiger partial charge in [0.25, 0.3) is 0 Å². The van der Waals surface area contributed by atoms with Crippen LogP contribution in [0.15, 0.2) is 60.7 Å². The fraction of sp³-hybridized carbons (Fsp3) is 0.333. The molecule has 104 valence electrons. The van der Waals surface area contributed by atoms with Crippen molar-refractivity contribution >= 4 is 0 Å². The second-order valence-corrected chi connectivity index (χ2v) is 5.63. The van der Waals surface area contributed by atoms with Gasteiger partial charge in [0.05, 0.1) is 0 Å². The predicted octanol–water partition coefficient (Wildman–Crippen LogP) is 2.76. The maximum atomic E-state index is 6.65. The first-order valence-electron chi connectivity index (χ1n) is 7.42. The summed E-state index contributed by atoms with van der Waals surface area (Å²) in [7, 11) is 0. The van der Waals surface area contributed by atoms with Crippen LogP contribution in [0.5, 0.6) is 0 Å². The van der Waals surface area contributed by atoms with E-state index in [9.17, 15) is 0 Å². The Hall–Kier alpha value is -1.64. The Kier molecular flexibility index (Phi) is 4.14. The van der Waals surface area contributed by atoms with E-state index in [4.69, 9.17) is 5.73 Å². The monoisotopic (exact) mass is 266 g/mol. The summed E-state index contributed by atoms with van der Waals surface area (Å²) in [5.74, 6) is 0.836. The Bertz CT molecular complexity index is 478. The van der Waals surface area contributed by atoms with Gasteiger partial charge in [-0.1, -0.05) is 60.7 Å². The van der Waals surface area contributed by atoms with Crippen molar-refractivity contribution in [2.45, 2.75) is 18.4 Å². The Morgan fingerprint density at radius 1 is 0.900 bits per heavy atom. The van der Waals surface area contributed by atoms with E-state index in [0.717, 1.165) is 13.1 Å². The van der Waals surface area contributed by atoms with E-state index in [1.54, 1.807) is 0 Å². The van der Waals surface area contributed by atoms with Gasteiger partial charge in [-0.15, -0.1) is 0 Å². The molecule has 3 N–H and O–H groups in total. The van der Waals surface area contributed by atoms with Crippen molar-refractivity contribution < 1.29 is 0 Å². The van der Waals surface area contributed by atoms with Crippen molar-refractivity contribution in [3.05, 3.63) is 71.8 Å². The van der Waals surface area contributed by atoms with Crippen LogP contribution in [0, 0.1) is 5.92 Å². The molecule has 0 saturated carbocycles. The van der Waals surface area contributed by atoms with Gasteiger partial charge >= 0.3 is 0 Å². The van der Waals surface area contributed by atoms with Gasteiger partial charge in [0.2, 0.25) is 0 Å². The summed E-state index contributed by atoms with van der Waals surface area (Å²) >= 11 is 0. The van der Waals surface area contributed by atoms with Crippen LogP contribution in [-0.2, 0) is 0 Å². The van der Waals surface area contributed by atoms with Crippen LogP contribution in [0.4, 0.5) is 0 Å². The van der Waals surface area contributed by atoms with E-state index in [2.05, 4.69) is 66.0 Å². The second-order valence-electron chi connectivity index (χ2n) is 5.63. The standard InChI is InChI=1S/C18H22N2/c19-18(16-11-12-20-13-16)17(14-7-3-1-4-8-14)15-9-5-2-6-10-15/h1-10,16-18,20H,11-13,19H2. The fourth-order valence-corrected chi connectivity index (χ4v) is 3.24. The smallest absolute Gasteiger partial charge is 0.0244 e. The van der Waals surface area contributed by atoms with E-state index in [0.29, 0.717) is 5.92 Å². The minimum Gasteiger partial charge on any atom is -0.327 e. The van der Waals surface area contributed by atoms with Gasteiger partial charge in [-0.25, -0.2) is 0 Å². The minimum absolute atomic E-state index is 0.162. The third kappa shape index (κ3) is 2.77. The zero-order chi connectivity index (χ0) is 13.8. The van der Waals surface area contributed by atoms with Crippen molar-refractivity contribution in [1.29, 1.82) is 0 Å². The summed E-state index contributed by atoms with van der Waals surface area (Å²) in [5, 5.41) is 3.43. The van der Waals surface area contributed by atoms with Gasteiger partial charge in [0, 0.05) is 12.0 Å². The van der Waals surface area contributed by atoms with Crippen molar-refractivity contribution in [3.8, 4) is 0 Å². The molecule has 2 nitrogen and oxygen atoms in total. The SMILES string of the molecule is NC(C1CCNC1)C(c1ccccc1)c1ccccc1. The molecular weight excluding hydrogens is 244 g/mol. The maximum absolute atomic E-state index is 6.65. The van der Waals surface area contributed by atoms with Gasteiger partial charge in [-0.3, -0.25) is 0 Å². The van der Waals surface area contributed by atoms with Crippen LogP contribution in [0.3, 0.4) is 0 Å². The molecule has 0 aromatic heterocycles. The molecule has 2 heteroatoms. The van der Waals surface area contributed by atoms with Gasteiger partial charge < -0.3 is 11.1 Å². The molecule has 0 radical (unpaired) electrons. The summed E-state index contributed by atoms with van der Waals surface area (Å²) in [4.78, 5) is 0. The Labute approximate surface area is 121 Å². The average molecular weight is 266 g/mol. The summed E-state index contributed by atoms with van der Waals surface area (Å²) in [6.07, 6.45) is 1.18. The molecule has 2 atom stereocenters. The Balaban J connectivity index is 1.95.